The number of carboxylic acids is 1. The molecule has 1 heterocycles. The molecule has 1 N–H and O–H groups in total. The van der Waals surface area contributed by atoms with Crippen LogP contribution < -0.4 is 0 Å². The average molecular weight is 278 g/mol. The lowest BCUT2D eigenvalue weighted by atomic mass is 10.3. The van der Waals surface area contributed by atoms with Crippen molar-refractivity contribution < 1.29 is 9.90 Å². The summed E-state index contributed by atoms with van der Waals surface area (Å²) in [5.41, 5.74) is 2.01. The van der Waals surface area contributed by atoms with Crippen LogP contribution in [0.15, 0.2) is 29.4 Å². The van der Waals surface area contributed by atoms with Gasteiger partial charge in [-0.15, -0.1) is 0 Å². The molecule has 0 bridgehead atoms. The van der Waals surface area contributed by atoms with Gasteiger partial charge >= 0.3 is 5.97 Å². The molecule has 0 aliphatic carbocycles. The Kier molecular flexibility index (Phi) is 4.47. The predicted octanol–water partition coefficient (Wildman–Crippen LogP) is 3.40. The Morgan fingerprint density at radius 2 is 2.21 bits per heavy atom. The van der Waals surface area contributed by atoms with Crippen molar-refractivity contribution in [2.75, 3.05) is 0 Å². The second kappa shape index (κ2) is 6.10. The third-order valence-electron chi connectivity index (χ3n) is 2.98. The van der Waals surface area contributed by atoms with E-state index in [1.165, 1.54) is 11.8 Å². The van der Waals surface area contributed by atoms with E-state index >= 15 is 0 Å². The van der Waals surface area contributed by atoms with E-state index in [-0.39, 0.29) is 0 Å². The molecule has 0 amide bonds. The predicted molar refractivity (Wildman–Crippen MR) is 77.6 cm³/mol. The summed E-state index contributed by atoms with van der Waals surface area (Å²) in [4.78, 5) is 15.5. The first-order chi connectivity index (χ1) is 9.13. The third-order valence-corrected chi connectivity index (χ3v) is 4.06. The molecule has 0 aliphatic heterocycles. The molecule has 19 heavy (non-hydrogen) atoms. The number of carbonyl (C=O) groups is 1. The molecule has 5 heteroatoms. The molecular weight excluding hydrogens is 260 g/mol. The van der Waals surface area contributed by atoms with Crippen molar-refractivity contribution in [3.8, 4) is 0 Å². The van der Waals surface area contributed by atoms with Crippen LogP contribution >= 0.6 is 11.8 Å². The van der Waals surface area contributed by atoms with Crippen molar-refractivity contribution in [3.05, 3.63) is 24.3 Å². The SMILES string of the molecule is CCCCn1c(SC(C)C(=O)O)nc2ccccc21. The largest absolute Gasteiger partial charge is 0.480 e. The van der Waals surface area contributed by atoms with Gasteiger partial charge in [0.1, 0.15) is 5.25 Å². The molecule has 0 saturated heterocycles. The second-order valence-electron chi connectivity index (χ2n) is 4.49. The molecule has 2 aromatic rings. The Balaban J connectivity index is 2.37. The van der Waals surface area contributed by atoms with Crippen LogP contribution in [0.1, 0.15) is 26.7 Å². The van der Waals surface area contributed by atoms with Crippen LogP contribution in [0.3, 0.4) is 0 Å². The van der Waals surface area contributed by atoms with Gasteiger partial charge in [-0.3, -0.25) is 4.79 Å². The van der Waals surface area contributed by atoms with Gasteiger partial charge in [0.25, 0.3) is 0 Å². The average Bonchev–Trinajstić information content (AvgIpc) is 2.73. The fourth-order valence-electron chi connectivity index (χ4n) is 1.88. The molecule has 1 aromatic heterocycles. The van der Waals surface area contributed by atoms with Crippen LogP contribution in [0.5, 0.6) is 0 Å². The molecule has 0 fully saturated rings. The van der Waals surface area contributed by atoms with E-state index < -0.39 is 11.2 Å². The number of para-hydroxylation sites is 2. The lowest BCUT2D eigenvalue weighted by molar-refractivity contribution is -0.136. The number of rotatable bonds is 6. The number of aliphatic carboxylic acids is 1. The summed E-state index contributed by atoms with van der Waals surface area (Å²) in [5.74, 6) is -0.806. The summed E-state index contributed by atoms with van der Waals surface area (Å²) in [6.45, 7) is 4.72. The van der Waals surface area contributed by atoms with E-state index in [0.717, 1.165) is 35.6 Å². The Morgan fingerprint density at radius 1 is 1.47 bits per heavy atom. The summed E-state index contributed by atoms with van der Waals surface area (Å²) >= 11 is 1.31. The third kappa shape index (κ3) is 3.10. The number of unbranched alkanes of at least 4 members (excludes halogenated alkanes) is 1. The van der Waals surface area contributed by atoms with Crippen molar-refractivity contribution in [1.82, 2.24) is 9.55 Å². The molecule has 1 aromatic carbocycles. The number of hydrogen-bond donors (Lipinski definition) is 1. The van der Waals surface area contributed by atoms with E-state index in [1.54, 1.807) is 6.92 Å². The van der Waals surface area contributed by atoms with Gasteiger partial charge in [-0.05, 0) is 25.5 Å². The standard InChI is InChI=1S/C14H18N2O2S/c1-3-4-9-16-12-8-6-5-7-11(12)15-14(16)19-10(2)13(17)18/h5-8,10H,3-4,9H2,1-2H3,(H,17,18). The number of nitrogens with zero attached hydrogens (tertiary/aromatic N) is 2. The Labute approximate surface area is 116 Å². The van der Waals surface area contributed by atoms with Crippen molar-refractivity contribution in [3.63, 3.8) is 0 Å². The highest BCUT2D eigenvalue weighted by atomic mass is 32.2. The quantitative estimate of drug-likeness (QED) is 0.823. The summed E-state index contributed by atoms with van der Waals surface area (Å²) in [6.07, 6.45) is 2.17. The molecule has 102 valence electrons. The first kappa shape index (κ1) is 13.9. The van der Waals surface area contributed by atoms with E-state index in [9.17, 15) is 4.79 Å². The van der Waals surface area contributed by atoms with Crippen molar-refractivity contribution in [2.24, 2.45) is 0 Å². The number of thioether (sulfide) groups is 1. The summed E-state index contributed by atoms with van der Waals surface area (Å²) in [6, 6.07) is 7.94. The number of fused-ring (bicyclic) bond motifs is 1. The molecule has 2 rings (SSSR count). The lowest BCUT2D eigenvalue weighted by Gasteiger charge is -2.09. The smallest absolute Gasteiger partial charge is 0.316 e. The molecule has 0 spiro atoms. The van der Waals surface area contributed by atoms with E-state index in [1.807, 2.05) is 24.3 Å². The number of hydrogen-bond acceptors (Lipinski definition) is 3. The normalized spacial score (nSPS) is 12.7. The maximum atomic E-state index is 11.0. The Hall–Kier alpha value is -1.49. The first-order valence-corrected chi connectivity index (χ1v) is 7.36. The zero-order valence-electron chi connectivity index (χ0n) is 11.2. The van der Waals surface area contributed by atoms with Gasteiger partial charge in [0, 0.05) is 6.54 Å². The number of aryl methyl sites for hydroxylation is 1. The fourth-order valence-corrected chi connectivity index (χ4v) is 2.77. The molecule has 1 unspecified atom stereocenters. The minimum absolute atomic E-state index is 0.489. The Bertz CT molecular complexity index is 580. The van der Waals surface area contributed by atoms with Crippen molar-refractivity contribution in [1.29, 1.82) is 0 Å². The van der Waals surface area contributed by atoms with Crippen LogP contribution in [-0.4, -0.2) is 25.9 Å². The fraction of sp³-hybridized carbons (Fsp3) is 0.429. The lowest BCUT2D eigenvalue weighted by Crippen LogP contribution is -2.13. The summed E-state index contributed by atoms with van der Waals surface area (Å²) < 4.78 is 2.13. The van der Waals surface area contributed by atoms with Crippen LogP contribution in [0.25, 0.3) is 11.0 Å². The van der Waals surface area contributed by atoms with Gasteiger partial charge in [-0.2, -0.15) is 0 Å². The first-order valence-electron chi connectivity index (χ1n) is 6.48. The van der Waals surface area contributed by atoms with Crippen LogP contribution in [0.2, 0.25) is 0 Å². The van der Waals surface area contributed by atoms with Crippen LogP contribution in [0.4, 0.5) is 0 Å². The highest BCUT2D eigenvalue weighted by molar-refractivity contribution is 8.00. The van der Waals surface area contributed by atoms with Crippen LogP contribution in [-0.2, 0) is 11.3 Å². The summed E-state index contributed by atoms with van der Waals surface area (Å²) in [5, 5.41) is 9.33. The van der Waals surface area contributed by atoms with Gasteiger partial charge < -0.3 is 9.67 Å². The van der Waals surface area contributed by atoms with E-state index in [4.69, 9.17) is 5.11 Å². The maximum absolute atomic E-state index is 11.0. The minimum Gasteiger partial charge on any atom is -0.480 e. The number of carboxylic acid groups (broad SMARTS) is 1. The second-order valence-corrected chi connectivity index (χ2v) is 5.79. The van der Waals surface area contributed by atoms with Gasteiger partial charge in [0.15, 0.2) is 5.16 Å². The number of benzene rings is 1. The highest BCUT2D eigenvalue weighted by Crippen LogP contribution is 2.27. The van der Waals surface area contributed by atoms with E-state index in [0.29, 0.717) is 0 Å². The molecule has 0 aliphatic rings. The molecule has 1 atom stereocenters. The topological polar surface area (TPSA) is 55.1 Å². The van der Waals surface area contributed by atoms with Gasteiger partial charge in [0.2, 0.25) is 0 Å². The number of imidazole rings is 1. The van der Waals surface area contributed by atoms with Crippen LogP contribution in [0, 0.1) is 0 Å². The number of aromatic nitrogens is 2. The summed E-state index contributed by atoms with van der Waals surface area (Å²) in [7, 11) is 0. The van der Waals surface area contributed by atoms with Crippen molar-refractivity contribution >= 4 is 28.8 Å². The Morgan fingerprint density at radius 3 is 2.89 bits per heavy atom. The van der Waals surface area contributed by atoms with Gasteiger partial charge in [-0.25, -0.2) is 4.98 Å². The molecule has 4 nitrogen and oxygen atoms in total. The van der Waals surface area contributed by atoms with E-state index in [2.05, 4.69) is 16.5 Å². The minimum atomic E-state index is -0.806. The maximum Gasteiger partial charge on any atom is 0.316 e. The van der Waals surface area contributed by atoms with Gasteiger partial charge in [-0.1, -0.05) is 37.2 Å². The monoisotopic (exact) mass is 278 g/mol. The van der Waals surface area contributed by atoms with Gasteiger partial charge in [0.05, 0.1) is 11.0 Å². The molecule has 0 radical (unpaired) electrons. The highest BCUT2D eigenvalue weighted by Gasteiger charge is 2.18. The zero-order chi connectivity index (χ0) is 13.8. The molecule has 0 saturated carbocycles. The molecular formula is C14H18N2O2S. The zero-order valence-corrected chi connectivity index (χ0v) is 12.0. The van der Waals surface area contributed by atoms with Crippen molar-refractivity contribution in [2.45, 2.75) is 43.6 Å².